The molecule has 0 bridgehead atoms. The van der Waals surface area contributed by atoms with Crippen LogP contribution >= 0.6 is 0 Å². The van der Waals surface area contributed by atoms with Gasteiger partial charge in [-0.2, -0.15) is 0 Å². The molecule has 0 aliphatic carbocycles. The van der Waals surface area contributed by atoms with E-state index in [1.54, 1.807) is 0 Å². The molecule has 1 radical (unpaired) electrons. The second-order valence-electron chi connectivity index (χ2n) is 4.78. The fourth-order valence-electron chi connectivity index (χ4n) is 2.37. The third kappa shape index (κ3) is 8.20. The van der Waals surface area contributed by atoms with Crippen molar-refractivity contribution in [3.8, 4) is 0 Å². The summed E-state index contributed by atoms with van der Waals surface area (Å²) in [7, 11) is 0. The van der Waals surface area contributed by atoms with E-state index in [9.17, 15) is 0 Å². The number of quaternary nitrogens is 1. The zero-order valence-electron chi connectivity index (χ0n) is 12.1. The van der Waals surface area contributed by atoms with E-state index >= 15 is 0 Å². The summed E-state index contributed by atoms with van der Waals surface area (Å²) in [6, 6.07) is 0. The molecule has 0 saturated carbocycles. The Hall–Kier alpha value is 1.06. The van der Waals surface area contributed by atoms with Crippen molar-refractivity contribution in [1.82, 2.24) is 0 Å². The first-order valence-electron chi connectivity index (χ1n) is 7.09. The Morgan fingerprint density at radius 2 is 1.06 bits per heavy atom. The first-order chi connectivity index (χ1) is 7.24. The molecule has 1 nitrogen and oxygen atoms in total. The van der Waals surface area contributed by atoms with E-state index in [0.717, 1.165) is 0 Å². The van der Waals surface area contributed by atoms with Crippen LogP contribution in [0.3, 0.4) is 0 Å². The van der Waals surface area contributed by atoms with Gasteiger partial charge in [0.25, 0.3) is 0 Å². The van der Waals surface area contributed by atoms with Crippen LogP contribution in [0.2, 0.25) is 0 Å². The predicted octanol–water partition coefficient (Wildman–Crippen LogP) is 4.22. The van der Waals surface area contributed by atoms with Gasteiger partial charge in [0.05, 0.1) is 26.2 Å². The standard InChI is InChI=1S/C14H32N.Y/c1-5-9-10-11-12-13-14-15(6-2,7-3)8-4;/h5-14H2,1-4H3;/q+1;. The van der Waals surface area contributed by atoms with Gasteiger partial charge in [-0.05, 0) is 33.6 Å². The summed E-state index contributed by atoms with van der Waals surface area (Å²) in [6.07, 6.45) is 8.55. The van der Waals surface area contributed by atoms with Crippen LogP contribution in [0.4, 0.5) is 0 Å². The Bertz CT molecular complexity index is 124. The maximum absolute atomic E-state index is 2.34. The molecule has 0 heterocycles. The van der Waals surface area contributed by atoms with Gasteiger partial charge in [-0.25, -0.2) is 0 Å². The van der Waals surface area contributed by atoms with Gasteiger partial charge in [0, 0.05) is 32.7 Å². The minimum absolute atomic E-state index is 0. The molecule has 0 aliphatic rings. The van der Waals surface area contributed by atoms with Crippen molar-refractivity contribution in [2.45, 2.75) is 66.2 Å². The van der Waals surface area contributed by atoms with Crippen LogP contribution in [-0.4, -0.2) is 30.7 Å². The van der Waals surface area contributed by atoms with Crippen molar-refractivity contribution >= 4 is 0 Å². The maximum Gasteiger partial charge on any atom is 0.0786 e. The molecule has 95 valence electrons. The predicted molar refractivity (Wildman–Crippen MR) is 70.1 cm³/mol. The van der Waals surface area contributed by atoms with Gasteiger partial charge in [0.15, 0.2) is 0 Å². The Morgan fingerprint density at radius 1 is 0.625 bits per heavy atom. The largest absolute Gasteiger partial charge is 0.324 e. The molecule has 2 heteroatoms. The third-order valence-electron chi connectivity index (χ3n) is 4.00. The van der Waals surface area contributed by atoms with E-state index in [1.165, 1.54) is 69.2 Å². The van der Waals surface area contributed by atoms with Gasteiger partial charge in [-0.1, -0.05) is 32.6 Å². The summed E-state index contributed by atoms with van der Waals surface area (Å²) in [5.74, 6) is 0. The summed E-state index contributed by atoms with van der Waals surface area (Å²) in [6.45, 7) is 14.6. The van der Waals surface area contributed by atoms with Gasteiger partial charge < -0.3 is 4.48 Å². The molecular formula is C14H32NY+. The molecule has 16 heavy (non-hydrogen) atoms. The molecule has 0 aromatic carbocycles. The molecule has 0 aliphatic heterocycles. The van der Waals surface area contributed by atoms with Crippen LogP contribution in [0.15, 0.2) is 0 Å². The molecular weight excluding hydrogens is 271 g/mol. The topological polar surface area (TPSA) is 0 Å². The van der Waals surface area contributed by atoms with E-state index in [-0.39, 0.29) is 32.7 Å². The molecule has 0 unspecified atom stereocenters. The first kappa shape index (κ1) is 19.4. The zero-order chi connectivity index (χ0) is 11.6. The van der Waals surface area contributed by atoms with Crippen molar-refractivity contribution in [3.05, 3.63) is 0 Å². The van der Waals surface area contributed by atoms with Gasteiger partial charge in [-0.3, -0.25) is 0 Å². The second kappa shape index (κ2) is 12.5. The van der Waals surface area contributed by atoms with Crippen molar-refractivity contribution < 1.29 is 37.2 Å². The summed E-state index contributed by atoms with van der Waals surface area (Å²) in [5.41, 5.74) is 0. The van der Waals surface area contributed by atoms with E-state index in [4.69, 9.17) is 0 Å². The van der Waals surface area contributed by atoms with E-state index < -0.39 is 0 Å². The molecule has 0 spiro atoms. The number of nitrogens with zero attached hydrogens (tertiary/aromatic N) is 1. The zero-order valence-corrected chi connectivity index (χ0v) is 14.9. The smallest absolute Gasteiger partial charge is 0.0786 e. The summed E-state index contributed by atoms with van der Waals surface area (Å²) in [4.78, 5) is 0. The molecule has 0 aromatic rings. The van der Waals surface area contributed by atoms with Crippen molar-refractivity contribution in [2.75, 3.05) is 26.2 Å². The SMILES string of the molecule is CCCCCCCC[N+](CC)(CC)CC.[Y]. The summed E-state index contributed by atoms with van der Waals surface area (Å²) in [5, 5.41) is 0. The quantitative estimate of drug-likeness (QED) is 0.419. The monoisotopic (exact) mass is 303 g/mol. The Kier molecular flexibility index (Phi) is 15.2. The van der Waals surface area contributed by atoms with Crippen LogP contribution in [0.1, 0.15) is 66.2 Å². The minimum atomic E-state index is 0. The van der Waals surface area contributed by atoms with Gasteiger partial charge in [-0.15, -0.1) is 0 Å². The average molecular weight is 303 g/mol. The second-order valence-corrected chi connectivity index (χ2v) is 4.78. The van der Waals surface area contributed by atoms with Crippen molar-refractivity contribution in [1.29, 1.82) is 0 Å². The molecule has 0 fully saturated rings. The molecule has 0 saturated heterocycles. The minimum Gasteiger partial charge on any atom is -0.324 e. The molecule has 0 rings (SSSR count). The van der Waals surface area contributed by atoms with Crippen LogP contribution in [0.5, 0.6) is 0 Å². The Labute approximate surface area is 129 Å². The fraction of sp³-hybridized carbons (Fsp3) is 1.00. The number of hydrogen-bond donors (Lipinski definition) is 0. The summed E-state index contributed by atoms with van der Waals surface area (Å²) >= 11 is 0. The number of hydrogen-bond acceptors (Lipinski definition) is 0. The van der Waals surface area contributed by atoms with Crippen LogP contribution in [0.25, 0.3) is 0 Å². The van der Waals surface area contributed by atoms with Crippen molar-refractivity contribution in [2.24, 2.45) is 0 Å². The Balaban J connectivity index is 0. The average Bonchev–Trinajstić information content (AvgIpc) is 2.29. The van der Waals surface area contributed by atoms with Crippen LogP contribution in [0, 0.1) is 0 Å². The molecule has 0 aromatic heterocycles. The summed E-state index contributed by atoms with van der Waals surface area (Å²) < 4.78 is 1.33. The van der Waals surface area contributed by atoms with E-state index in [2.05, 4.69) is 27.7 Å². The van der Waals surface area contributed by atoms with Crippen LogP contribution in [-0.2, 0) is 32.7 Å². The molecule has 0 N–H and O–H groups in total. The van der Waals surface area contributed by atoms with Gasteiger partial charge >= 0.3 is 0 Å². The number of rotatable bonds is 10. The first-order valence-corrected chi connectivity index (χ1v) is 7.09. The number of unbranched alkanes of at least 4 members (excludes halogenated alkanes) is 5. The van der Waals surface area contributed by atoms with E-state index in [0.29, 0.717) is 0 Å². The molecule has 0 amide bonds. The fourth-order valence-corrected chi connectivity index (χ4v) is 2.37. The third-order valence-corrected chi connectivity index (χ3v) is 4.00. The van der Waals surface area contributed by atoms with Gasteiger partial charge in [0.2, 0.25) is 0 Å². The molecule has 0 atom stereocenters. The maximum atomic E-state index is 2.34. The normalized spacial score (nSPS) is 11.2. The van der Waals surface area contributed by atoms with Gasteiger partial charge in [0.1, 0.15) is 0 Å². The van der Waals surface area contributed by atoms with Crippen LogP contribution < -0.4 is 0 Å². The Morgan fingerprint density at radius 3 is 1.50 bits per heavy atom. The van der Waals surface area contributed by atoms with Crippen molar-refractivity contribution in [3.63, 3.8) is 0 Å². The van der Waals surface area contributed by atoms with E-state index in [1.807, 2.05) is 0 Å².